The summed E-state index contributed by atoms with van der Waals surface area (Å²) in [7, 11) is 0. The quantitative estimate of drug-likeness (QED) is 0.887. The summed E-state index contributed by atoms with van der Waals surface area (Å²) >= 11 is 0. The summed E-state index contributed by atoms with van der Waals surface area (Å²) in [6.45, 7) is 7.21. The van der Waals surface area contributed by atoms with Crippen molar-refractivity contribution in [2.45, 2.75) is 52.5 Å². The summed E-state index contributed by atoms with van der Waals surface area (Å²) in [5.41, 5.74) is 7.13. The number of anilines is 1. The van der Waals surface area contributed by atoms with Crippen molar-refractivity contribution in [3.8, 4) is 0 Å². The highest BCUT2D eigenvalue weighted by atomic mass is 16.1. The molecule has 2 rings (SSSR count). The first-order valence-electron chi connectivity index (χ1n) is 7.73. The largest absolute Gasteiger partial charge is 0.397 e. The van der Waals surface area contributed by atoms with Crippen molar-refractivity contribution in [3.63, 3.8) is 0 Å². The SMILES string of the molecule is CC1CCC(CNC(=O)c2cc(N)cn2C(C)C)CC1. The minimum atomic E-state index is -0.00554. The van der Waals surface area contributed by atoms with E-state index in [1.54, 1.807) is 6.07 Å². The van der Waals surface area contributed by atoms with E-state index in [9.17, 15) is 4.79 Å². The van der Waals surface area contributed by atoms with Crippen LogP contribution in [0.1, 0.15) is 63.0 Å². The van der Waals surface area contributed by atoms with Crippen LogP contribution in [-0.4, -0.2) is 17.0 Å². The molecule has 0 spiro atoms. The van der Waals surface area contributed by atoms with Crippen molar-refractivity contribution >= 4 is 11.6 Å². The highest BCUT2D eigenvalue weighted by Crippen LogP contribution is 2.27. The molecule has 4 nitrogen and oxygen atoms in total. The third-order valence-electron chi connectivity index (χ3n) is 4.35. The highest BCUT2D eigenvalue weighted by Gasteiger charge is 2.20. The van der Waals surface area contributed by atoms with Crippen molar-refractivity contribution < 1.29 is 4.79 Å². The molecule has 0 saturated heterocycles. The maximum Gasteiger partial charge on any atom is 0.268 e. The van der Waals surface area contributed by atoms with Crippen LogP contribution in [0.5, 0.6) is 0 Å². The van der Waals surface area contributed by atoms with Crippen LogP contribution in [0.4, 0.5) is 5.69 Å². The van der Waals surface area contributed by atoms with Gasteiger partial charge in [0.25, 0.3) is 5.91 Å². The molecule has 0 aromatic carbocycles. The fourth-order valence-electron chi connectivity index (χ4n) is 2.97. The zero-order valence-corrected chi connectivity index (χ0v) is 12.9. The third-order valence-corrected chi connectivity index (χ3v) is 4.35. The summed E-state index contributed by atoms with van der Waals surface area (Å²) in [5, 5.41) is 3.08. The van der Waals surface area contributed by atoms with E-state index < -0.39 is 0 Å². The zero-order valence-electron chi connectivity index (χ0n) is 12.9. The molecule has 4 heteroatoms. The van der Waals surface area contributed by atoms with Gasteiger partial charge in [0.05, 0.1) is 5.69 Å². The molecule has 0 radical (unpaired) electrons. The van der Waals surface area contributed by atoms with Crippen LogP contribution in [0.3, 0.4) is 0 Å². The molecule has 1 aromatic rings. The number of hydrogen-bond acceptors (Lipinski definition) is 2. The Bertz CT molecular complexity index is 456. The van der Waals surface area contributed by atoms with E-state index in [1.165, 1.54) is 25.7 Å². The Morgan fingerprint density at radius 1 is 1.40 bits per heavy atom. The molecule has 1 fully saturated rings. The predicted octanol–water partition coefficient (Wildman–Crippen LogP) is 3.21. The van der Waals surface area contributed by atoms with E-state index in [1.807, 2.05) is 10.8 Å². The van der Waals surface area contributed by atoms with E-state index in [0.717, 1.165) is 12.5 Å². The maximum absolute atomic E-state index is 12.3. The Balaban J connectivity index is 1.92. The van der Waals surface area contributed by atoms with Gasteiger partial charge in [-0.2, -0.15) is 0 Å². The lowest BCUT2D eigenvalue weighted by molar-refractivity contribution is 0.0931. The van der Waals surface area contributed by atoms with Gasteiger partial charge in [-0.3, -0.25) is 4.79 Å². The summed E-state index contributed by atoms with van der Waals surface area (Å²) < 4.78 is 1.94. The molecule has 0 atom stereocenters. The number of hydrogen-bond donors (Lipinski definition) is 2. The lowest BCUT2D eigenvalue weighted by Gasteiger charge is -2.26. The van der Waals surface area contributed by atoms with Crippen molar-refractivity contribution in [1.29, 1.82) is 0 Å². The first-order chi connectivity index (χ1) is 9.47. The fourth-order valence-corrected chi connectivity index (χ4v) is 2.97. The number of carbonyl (C=O) groups is 1. The van der Waals surface area contributed by atoms with Gasteiger partial charge in [0.1, 0.15) is 5.69 Å². The number of carbonyl (C=O) groups excluding carboxylic acids is 1. The lowest BCUT2D eigenvalue weighted by atomic mass is 9.83. The molecule has 1 amide bonds. The van der Waals surface area contributed by atoms with Crippen LogP contribution in [0.15, 0.2) is 12.3 Å². The molecule has 1 aliphatic carbocycles. The third kappa shape index (κ3) is 3.56. The Labute approximate surface area is 121 Å². The van der Waals surface area contributed by atoms with E-state index in [-0.39, 0.29) is 11.9 Å². The van der Waals surface area contributed by atoms with Crippen LogP contribution in [-0.2, 0) is 0 Å². The Kier molecular flexibility index (Phi) is 4.73. The van der Waals surface area contributed by atoms with E-state index in [0.29, 0.717) is 17.3 Å². The van der Waals surface area contributed by atoms with Crippen LogP contribution in [0.25, 0.3) is 0 Å². The van der Waals surface area contributed by atoms with Crippen LogP contribution in [0, 0.1) is 11.8 Å². The van der Waals surface area contributed by atoms with Crippen LogP contribution >= 0.6 is 0 Å². The second kappa shape index (κ2) is 6.33. The van der Waals surface area contributed by atoms with Gasteiger partial charge in [-0.1, -0.05) is 19.8 Å². The van der Waals surface area contributed by atoms with E-state index in [4.69, 9.17) is 5.73 Å². The molecular weight excluding hydrogens is 250 g/mol. The van der Waals surface area contributed by atoms with Crippen molar-refractivity contribution in [2.24, 2.45) is 11.8 Å². The average Bonchev–Trinajstić information content (AvgIpc) is 2.80. The monoisotopic (exact) mass is 277 g/mol. The van der Waals surface area contributed by atoms with Crippen molar-refractivity contribution in [3.05, 3.63) is 18.0 Å². The smallest absolute Gasteiger partial charge is 0.268 e. The van der Waals surface area contributed by atoms with Crippen molar-refractivity contribution in [1.82, 2.24) is 9.88 Å². The lowest BCUT2D eigenvalue weighted by Crippen LogP contribution is -2.32. The van der Waals surface area contributed by atoms with Gasteiger partial charge in [-0.05, 0) is 44.6 Å². The standard InChI is InChI=1S/C16H27N3O/c1-11(2)19-10-14(17)8-15(19)16(20)18-9-13-6-4-12(3)5-7-13/h8,10-13H,4-7,9,17H2,1-3H3,(H,18,20). The molecule has 1 aromatic heterocycles. The predicted molar refractivity (Wildman–Crippen MR) is 82.7 cm³/mol. The summed E-state index contributed by atoms with van der Waals surface area (Å²) in [6.07, 6.45) is 6.87. The Morgan fingerprint density at radius 3 is 2.65 bits per heavy atom. The van der Waals surface area contributed by atoms with Gasteiger partial charge in [0.2, 0.25) is 0 Å². The molecule has 112 valence electrons. The number of aromatic nitrogens is 1. The normalized spacial score (nSPS) is 23.0. The van der Waals surface area contributed by atoms with Crippen molar-refractivity contribution in [2.75, 3.05) is 12.3 Å². The summed E-state index contributed by atoms with van der Waals surface area (Å²) in [5.74, 6) is 1.48. The number of nitrogens with one attached hydrogen (secondary N) is 1. The van der Waals surface area contributed by atoms with Gasteiger partial charge in [-0.15, -0.1) is 0 Å². The zero-order chi connectivity index (χ0) is 14.7. The number of rotatable bonds is 4. The Morgan fingerprint density at radius 2 is 2.05 bits per heavy atom. The summed E-state index contributed by atoms with van der Waals surface area (Å²) in [4.78, 5) is 12.3. The minimum absolute atomic E-state index is 0.00554. The summed E-state index contributed by atoms with van der Waals surface area (Å²) in [6, 6.07) is 2.00. The molecule has 1 heterocycles. The first kappa shape index (κ1) is 14.9. The number of nitrogens with two attached hydrogens (primary N) is 1. The molecule has 0 unspecified atom stereocenters. The Hall–Kier alpha value is -1.45. The first-order valence-corrected chi connectivity index (χ1v) is 7.73. The molecule has 1 saturated carbocycles. The topological polar surface area (TPSA) is 60.1 Å². The molecule has 0 aliphatic heterocycles. The minimum Gasteiger partial charge on any atom is -0.397 e. The molecular formula is C16H27N3O. The van der Waals surface area contributed by atoms with Gasteiger partial charge in [0, 0.05) is 18.8 Å². The molecule has 1 aliphatic rings. The molecule has 3 N–H and O–H groups in total. The molecule has 0 bridgehead atoms. The van der Waals surface area contributed by atoms with E-state index >= 15 is 0 Å². The second-order valence-corrected chi connectivity index (χ2v) is 6.50. The number of amides is 1. The maximum atomic E-state index is 12.3. The van der Waals surface area contributed by atoms with Crippen LogP contribution in [0.2, 0.25) is 0 Å². The van der Waals surface area contributed by atoms with Gasteiger partial charge < -0.3 is 15.6 Å². The number of nitrogen functional groups attached to an aromatic ring is 1. The van der Waals surface area contributed by atoms with Gasteiger partial charge >= 0.3 is 0 Å². The van der Waals surface area contributed by atoms with Crippen LogP contribution < -0.4 is 11.1 Å². The average molecular weight is 277 g/mol. The van der Waals surface area contributed by atoms with Gasteiger partial charge in [-0.25, -0.2) is 0 Å². The second-order valence-electron chi connectivity index (χ2n) is 6.50. The molecule has 20 heavy (non-hydrogen) atoms. The van der Waals surface area contributed by atoms with E-state index in [2.05, 4.69) is 26.1 Å². The fraction of sp³-hybridized carbons (Fsp3) is 0.688. The number of nitrogens with zero attached hydrogens (tertiary/aromatic N) is 1. The van der Waals surface area contributed by atoms with Gasteiger partial charge in [0.15, 0.2) is 0 Å². The highest BCUT2D eigenvalue weighted by molar-refractivity contribution is 5.93.